The van der Waals surface area contributed by atoms with Crippen molar-refractivity contribution in [2.75, 3.05) is 19.8 Å². The topological polar surface area (TPSA) is 172 Å². The summed E-state index contributed by atoms with van der Waals surface area (Å²) in [5, 5.41) is 48.2. The van der Waals surface area contributed by atoms with E-state index in [0.717, 1.165) is 13.0 Å². The van der Waals surface area contributed by atoms with Crippen molar-refractivity contribution >= 4 is 18.0 Å². The van der Waals surface area contributed by atoms with Crippen LogP contribution in [0.5, 0.6) is 5.75 Å². The summed E-state index contributed by atoms with van der Waals surface area (Å²) < 4.78 is 20.6. The Hall–Kier alpha value is -2.54. The maximum atomic E-state index is 12.0. The molecule has 0 spiro atoms. The highest BCUT2D eigenvalue weighted by molar-refractivity contribution is 5.87. The van der Waals surface area contributed by atoms with Gasteiger partial charge in [0, 0.05) is 13.0 Å². The molecule has 0 aromatic heterocycles. The minimum absolute atomic E-state index is 0.0818. The molecule has 1 aliphatic rings. The summed E-state index contributed by atoms with van der Waals surface area (Å²) in [7, 11) is 0. The molecule has 0 radical (unpaired) electrons. The van der Waals surface area contributed by atoms with E-state index >= 15 is 0 Å². The number of ether oxygens (including phenoxy) is 4. The van der Waals surface area contributed by atoms with E-state index in [2.05, 4.69) is 0 Å². The largest absolute Gasteiger partial charge is 0.508 e. The van der Waals surface area contributed by atoms with Crippen LogP contribution >= 0.6 is 0 Å². The number of hydrogen-bond acceptors (Lipinski definition) is 11. The van der Waals surface area contributed by atoms with Crippen molar-refractivity contribution in [3.05, 3.63) is 35.9 Å². The molecule has 0 saturated carbocycles. The molecule has 0 bridgehead atoms. The van der Waals surface area contributed by atoms with Gasteiger partial charge in [0.25, 0.3) is 0 Å². The molecule has 1 heterocycles. The van der Waals surface area contributed by atoms with Crippen LogP contribution in [0.4, 0.5) is 0 Å². The van der Waals surface area contributed by atoms with Crippen LogP contribution in [0.3, 0.4) is 0 Å². The fourth-order valence-corrected chi connectivity index (χ4v) is 2.68. The molecule has 31 heavy (non-hydrogen) atoms. The molecule has 0 amide bonds. The maximum Gasteiger partial charge on any atom is 0.330 e. The Morgan fingerprint density at radius 1 is 1.06 bits per heavy atom. The number of aliphatic hydroxyl groups excluding tert-OH is 4. The summed E-state index contributed by atoms with van der Waals surface area (Å²) in [6.45, 7) is -0.214. The Bertz CT molecular complexity index is 746. The average molecular weight is 442 g/mol. The van der Waals surface area contributed by atoms with Crippen molar-refractivity contribution in [1.82, 2.24) is 0 Å². The first-order valence-electron chi connectivity index (χ1n) is 9.44. The lowest BCUT2D eigenvalue weighted by Crippen LogP contribution is -2.60. The van der Waals surface area contributed by atoms with Crippen LogP contribution in [0.15, 0.2) is 30.3 Å². The van der Waals surface area contributed by atoms with Gasteiger partial charge in [0.2, 0.25) is 0 Å². The predicted molar refractivity (Wildman–Crippen MR) is 103 cm³/mol. The lowest BCUT2D eigenvalue weighted by atomic mass is 9.99. The minimum atomic E-state index is -1.66. The summed E-state index contributed by atoms with van der Waals surface area (Å²) in [5.74, 6) is -1.28. The van der Waals surface area contributed by atoms with Gasteiger partial charge in [-0.1, -0.05) is 12.1 Å². The molecule has 1 aromatic carbocycles. The van der Waals surface area contributed by atoms with Gasteiger partial charge in [-0.25, -0.2) is 4.79 Å². The van der Waals surface area contributed by atoms with Gasteiger partial charge in [-0.2, -0.15) is 0 Å². The Balaban J connectivity index is 1.96. The van der Waals surface area contributed by atoms with Crippen LogP contribution in [0.1, 0.15) is 12.5 Å². The Morgan fingerprint density at radius 2 is 1.71 bits per heavy atom. The quantitative estimate of drug-likeness (QED) is 0.227. The molecular formula is C20H26O11. The van der Waals surface area contributed by atoms with E-state index in [4.69, 9.17) is 18.9 Å². The number of phenols is 1. The van der Waals surface area contributed by atoms with Crippen LogP contribution in [-0.4, -0.2) is 94.1 Å². The fraction of sp³-hybridized carbons (Fsp3) is 0.500. The van der Waals surface area contributed by atoms with E-state index in [0.29, 0.717) is 5.56 Å². The number of carbonyl (C=O) groups excluding carboxylic acids is 2. The van der Waals surface area contributed by atoms with Crippen molar-refractivity contribution in [2.45, 2.75) is 43.7 Å². The Kier molecular flexibility index (Phi) is 9.37. The third kappa shape index (κ3) is 7.58. The number of benzene rings is 1. The zero-order valence-electron chi connectivity index (χ0n) is 16.7. The second kappa shape index (κ2) is 11.7. The molecule has 1 saturated heterocycles. The van der Waals surface area contributed by atoms with Gasteiger partial charge in [-0.15, -0.1) is 0 Å². The van der Waals surface area contributed by atoms with E-state index < -0.39 is 55.4 Å². The lowest BCUT2D eigenvalue weighted by Gasteiger charge is -2.40. The number of hydrogen-bond donors (Lipinski definition) is 5. The first-order chi connectivity index (χ1) is 14.7. The first kappa shape index (κ1) is 24.7. The van der Waals surface area contributed by atoms with Gasteiger partial charge in [-0.05, 0) is 23.8 Å². The number of aliphatic hydroxyl groups is 4. The number of carbonyl (C=O) groups is 2. The summed E-state index contributed by atoms with van der Waals surface area (Å²) in [6, 6.07) is 6.08. The third-order valence-electron chi connectivity index (χ3n) is 4.36. The number of phenolic OH excluding ortho intramolecular Hbond substituents is 1. The fourth-order valence-electron chi connectivity index (χ4n) is 2.68. The predicted octanol–water partition coefficient (Wildman–Crippen LogP) is -1.30. The molecule has 2 rings (SSSR count). The normalized spacial score (nSPS) is 27.1. The van der Waals surface area contributed by atoms with Crippen LogP contribution in [-0.2, 0) is 28.5 Å². The number of rotatable bonds is 9. The molecular weight excluding hydrogens is 416 g/mol. The molecule has 0 aliphatic carbocycles. The SMILES string of the molecule is CC(=O)OC[C@@H](COC(=O)/C=C/c1ccc(O)cc1)O[C@H]1O[C@H](CO)[C@@H](O)[C@H](O)[C@H]1O. The van der Waals surface area contributed by atoms with Crippen molar-refractivity contribution < 1.29 is 54.1 Å². The van der Waals surface area contributed by atoms with Crippen LogP contribution < -0.4 is 0 Å². The number of esters is 2. The highest BCUT2D eigenvalue weighted by Crippen LogP contribution is 2.23. The zero-order chi connectivity index (χ0) is 23.0. The molecule has 1 aromatic rings. The van der Waals surface area contributed by atoms with E-state index in [9.17, 15) is 35.1 Å². The monoisotopic (exact) mass is 442 g/mol. The summed E-state index contributed by atoms with van der Waals surface area (Å²) in [5.41, 5.74) is 0.642. The van der Waals surface area contributed by atoms with E-state index in [1.807, 2.05) is 0 Å². The Labute approximate surface area is 178 Å². The van der Waals surface area contributed by atoms with Crippen LogP contribution in [0.2, 0.25) is 0 Å². The van der Waals surface area contributed by atoms with Gasteiger partial charge in [0.05, 0.1) is 6.61 Å². The Morgan fingerprint density at radius 3 is 2.32 bits per heavy atom. The van der Waals surface area contributed by atoms with Crippen molar-refractivity contribution in [3.8, 4) is 5.75 Å². The highest BCUT2D eigenvalue weighted by atomic mass is 16.7. The summed E-state index contributed by atoms with van der Waals surface area (Å²) in [6.07, 6.45) is -6.02. The van der Waals surface area contributed by atoms with E-state index in [-0.39, 0.29) is 19.0 Å². The highest BCUT2D eigenvalue weighted by Gasteiger charge is 2.45. The first-order valence-corrected chi connectivity index (χ1v) is 9.44. The molecule has 5 N–H and O–H groups in total. The van der Waals surface area contributed by atoms with Crippen LogP contribution in [0, 0.1) is 0 Å². The van der Waals surface area contributed by atoms with E-state index in [1.54, 1.807) is 12.1 Å². The van der Waals surface area contributed by atoms with Crippen LogP contribution in [0.25, 0.3) is 6.08 Å². The van der Waals surface area contributed by atoms with E-state index in [1.165, 1.54) is 18.2 Å². The van der Waals surface area contributed by atoms with Gasteiger partial charge < -0.3 is 44.5 Å². The third-order valence-corrected chi connectivity index (χ3v) is 4.36. The van der Waals surface area contributed by atoms with Gasteiger partial charge in [-0.3, -0.25) is 4.79 Å². The summed E-state index contributed by atoms with van der Waals surface area (Å²) in [4.78, 5) is 23.1. The molecule has 6 atom stereocenters. The second-order valence-corrected chi connectivity index (χ2v) is 6.81. The van der Waals surface area contributed by atoms with Gasteiger partial charge in [0.1, 0.15) is 49.5 Å². The number of aromatic hydroxyl groups is 1. The standard InChI is InChI=1S/C20H26O11/c1-11(22)28-9-14(30-20-19(27)18(26)17(25)15(8-21)31-20)10-29-16(24)7-4-12-2-5-13(23)6-3-12/h2-7,14-15,17-21,23,25-27H,8-10H2,1H3/b7-4+/t14-,15+,17+,18-,19+,20-/m0/s1. The molecule has 172 valence electrons. The molecule has 11 heteroatoms. The molecule has 1 aliphatic heterocycles. The zero-order valence-corrected chi connectivity index (χ0v) is 16.7. The summed E-state index contributed by atoms with van der Waals surface area (Å²) >= 11 is 0. The maximum absolute atomic E-state index is 12.0. The van der Waals surface area contributed by atoms with Crippen molar-refractivity contribution in [1.29, 1.82) is 0 Å². The minimum Gasteiger partial charge on any atom is -0.508 e. The van der Waals surface area contributed by atoms with Gasteiger partial charge >= 0.3 is 11.9 Å². The van der Waals surface area contributed by atoms with Crippen molar-refractivity contribution in [2.24, 2.45) is 0 Å². The average Bonchev–Trinajstić information content (AvgIpc) is 2.75. The lowest BCUT2D eigenvalue weighted by molar-refractivity contribution is -0.315. The smallest absolute Gasteiger partial charge is 0.330 e. The second-order valence-electron chi connectivity index (χ2n) is 6.81. The molecule has 0 unspecified atom stereocenters. The van der Waals surface area contributed by atoms with Crippen molar-refractivity contribution in [3.63, 3.8) is 0 Å². The van der Waals surface area contributed by atoms with Gasteiger partial charge in [0.15, 0.2) is 6.29 Å². The molecule has 11 nitrogen and oxygen atoms in total. The molecule has 1 fully saturated rings.